The summed E-state index contributed by atoms with van der Waals surface area (Å²) in [4.78, 5) is 0. The van der Waals surface area contributed by atoms with Gasteiger partial charge in [0.2, 0.25) is 0 Å². The minimum absolute atomic E-state index is 1.32. The van der Waals surface area contributed by atoms with E-state index >= 15 is 0 Å². The molecule has 0 aromatic carbocycles. The molecule has 0 fully saturated rings. The van der Waals surface area contributed by atoms with E-state index in [2.05, 4.69) is 26.0 Å². The number of rotatable bonds is 5. The van der Waals surface area contributed by atoms with E-state index < -0.39 is 0 Å². The van der Waals surface area contributed by atoms with E-state index in [4.69, 9.17) is 0 Å². The third-order valence-corrected chi connectivity index (χ3v) is 3.62. The molecular formula is C18H36. The van der Waals surface area contributed by atoms with Gasteiger partial charge >= 0.3 is 0 Å². The molecule has 1 rings (SSSR count). The highest BCUT2D eigenvalue weighted by Gasteiger charge is 1.91. The van der Waals surface area contributed by atoms with Crippen LogP contribution >= 0.6 is 0 Å². The smallest absolute Gasteiger partial charge is 0.0351 e. The molecule has 0 bridgehead atoms. The summed E-state index contributed by atoms with van der Waals surface area (Å²) in [5.74, 6) is 0. The van der Waals surface area contributed by atoms with Gasteiger partial charge in [0.1, 0.15) is 0 Å². The second-order valence-corrected chi connectivity index (χ2v) is 5.58. The van der Waals surface area contributed by atoms with Crippen LogP contribution in [0.3, 0.4) is 0 Å². The zero-order chi connectivity index (χ0) is 13.3. The van der Waals surface area contributed by atoms with E-state index in [-0.39, 0.29) is 0 Å². The van der Waals surface area contributed by atoms with E-state index in [1.807, 2.05) is 0 Å². The Bertz CT molecular complexity index is 139. The topological polar surface area (TPSA) is 0 Å². The fourth-order valence-corrected chi connectivity index (χ4v) is 2.32. The van der Waals surface area contributed by atoms with Crippen LogP contribution in [0.15, 0.2) is 12.2 Å². The Kier molecular flexibility index (Phi) is 16.5. The first-order valence-electron chi connectivity index (χ1n) is 8.56. The third kappa shape index (κ3) is 15.7. The van der Waals surface area contributed by atoms with Gasteiger partial charge in [-0.1, -0.05) is 90.2 Å². The molecule has 1 aliphatic carbocycles. The number of hydrogen-bond acceptors (Lipinski definition) is 0. The molecule has 0 amide bonds. The second-order valence-electron chi connectivity index (χ2n) is 5.58. The summed E-state index contributed by atoms with van der Waals surface area (Å²) in [5.41, 5.74) is 0. The molecule has 0 unspecified atom stereocenters. The summed E-state index contributed by atoms with van der Waals surface area (Å²) in [7, 11) is 0. The molecule has 0 radical (unpaired) electrons. The first-order chi connectivity index (χ1) is 8.91. The summed E-state index contributed by atoms with van der Waals surface area (Å²) in [6, 6.07) is 0. The Morgan fingerprint density at radius 1 is 0.556 bits per heavy atom. The summed E-state index contributed by atoms with van der Waals surface area (Å²) in [6.45, 7) is 4.51. The van der Waals surface area contributed by atoms with Crippen LogP contribution in [0.4, 0.5) is 0 Å². The van der Waals surface area contributed by atoms with Crippen LogP contribution in [0, 0.1) is 0 Å². The normalized spacial score (nSPS) is 16.8. The van der Waals surface area contributed by atoms with Crippen molar-refractivity contribution < 1.29 is 0 Å². The largest absolute Gasteiger partial charge is 0.0885 e. The SMILES string of the molecule is C1=CCCCCCCCC1.CCCCCCCC. The van der Waals surface area contributed by atoms with Gasteiger partial charge in [-0.15, -0.1) is 0 Å². The molecule has 0 heteroatoms. The van der Waals surface area contributed by atoms with Crippen molar-refractivity contribution in [2.24, 2.45) is 0 Å². The van der Waals surface area contributed by atoms with Crippen LogP contribution in [-0.4, -0.2) is 0 Å². The van der Waals surface area contributed by atoms with Crippen LogP contribution in [-0.2, 0) is 0 Å². The van der Waals surface area contributed by atoms with Crippen molar-refractivity contribution in [2.75, 3.05) is 0 Å². The minimum atomic E-state index is 1.32. The predicted octanol–water partition coefficient (Wildman–Crippen LogP) is 7.04. The predicted molar refractivity (Wildman–Crippen MR) is 85.1 cm³/mol. The lowest BCUT2D eigenvalue weighted by Crippen LogP contribution is -1.81. The Labute approximate surface area is 116 Å². The fourth-order valence-electron chi connectivity index (χ4n) is 2.32. The number of hydrogen-bond donors (Lipinski definition) is 0. The molecule has 0 nitrogen and oxygen atoms in total. The summed E-state index contributed by atoms with van der Waals surface area (Å²) in [6.07, 6.45) is 24.5. The molecule has 0 aliphatic heterocycles. The van der Waals surface area contributed by atoms with Gasteiger partial charge in [-0.2, -0.15) is 0 Å². The van der Waals surface area contributed by atoms with Crippen molar-refractivity contribution in [2.45, 2.75) is 104 Å². The van der Waals surface area contributed by atoms with Gasteiger partial charge in [0, 0.05) is 0 Å². The maximum absolute atomic E-state index is 2.35. The van der Waals surface area contributed by atoms with Crippen LogP contribution < -0.4 is 0 Å². The van der Waals surface area contributed by atoms with Gasteiger partial charge in [-0.25, -0.2) is 0 Å². The average molecular weight is 252 g/mol. The number of allylic oxidation sites excluding steroid dienone is 2. The van der Waals surface area contributed by atoms with Gasteiger partial charge in [0.25, 0.3) is 0 Å². The second kappa shape index (κ2) is 16.7. The van der Waals surface area contributed by atoms with Crippen molar-refractivity contribution in [1.82, 2.24) is 0 Å². The van der Waals surface area contributed by atoms with Gasteiger partial charge in [0.05, 0.1) is 0 Å². The lowest BCUT2D eigenvalue weighted by Gasteiger charge is -2.01. The summed E-state index contributed by atoms with van der Waals surface area (Å²) >= 11 is 0. The lowest BCUT2D eigenvalue weighted by atomic mass is 10.1. The first-order valence-corrected chi connectivity index (χ1v) is 8.56. The molecule has 0 N–H and O–H groups in total. The Hall–Kier alpha value is -0.260. The standard InChI is InChI=1S/C10H18.C8H18/c1-2-4-6-8-10-9-7-5-3-1;1-3-5-7-8-6-4-2/h1-2H,3-10H2;3-8H2,1-2H3. The van der Waals surface area contributed by atoms with E-state index in [0.29, 0.717) is 0 Å². The van der Waals surface area contributed by atoms with Crippen LogP contribution in [0.5, 0.6) is 0 Å². The molecule has 0 spiro atoms. The molecule has 0 saturated carbocycles. The van der Waals surface area contributed by atoms with Gasteiger partial charge in [-0.3, -0.25) is 0 Å². The highest BCUT2D eigenvalue weighted by atomic mass is 14.0. The monoisotopic (exact) mass is 252 g/mol. The van der Waals surface area contributed by atoms with Gasteiger partial charge in [0.15, 0.2) is 0 Å². The zero-order valence-electron chi connectivity index (χ0n) is 13.1. The van der Waals surface area contributed by atoms with Crippen LogP contribution in [0.25, 0.3) is 0 Å². The average Bonchev–Trinajstić information content (AvgIpc) is 2.42. The highest BCUT2D eigenvalue weighted by molar-refractivity contribution is 4.81. The maximum atomic E-state index is 2.35. The Morgan fingerprint density at radius 3 is 1.33 bits per heavy atom. The van der Waals surface area contributed by atoms with Crippen molar-refractivity contribution in [3.8, 4) is 0 Å². The summed E-state index contributed by atoms with van der Waals surface area (Å²) < 4.78 is 0. The number of unbranched alkanes of at least 4 members (excludes halogenated alkanes) is 5. The molecule has 1 aliphatic rings. The van der Waals surface area contributed by atoms with E-state index in [1.165, 1.54) is 89.9 Å². The third-order valence-electron chi connectivity index (χ3n) is 3.62. The molecule has 0 saturated heterocycles. The molecule has 0 aromatic heterocycles. The fraction of sp³-hybridized carbons (Fsp3) is 0.889. The maximum Gasteiger partial charge on any atom is -0.0351 e. The van der Waals surface area contributed by atoms with Crippen molar-refractivity contribution in [3.63, 3.8) is 0 Å². The van der Waals surface area contributed by atoms with E-state index in [9.17, 15) is 0 Å². The molecule has 0 aromatic rings. The van der Waals surface area contributed by atoms with E-state index in [0.717, 1.165) is 0 Å². The zero-order valence-corrected chi connectivity index (χ0v) is 13.1. The van der Waals surface area contributed by atoms with Gasteiger partial charge < -0.3 is 0 Å². The minimum Gasteiger partial charge on any atom is -0.0885 e. The highest BCUT2D eigenvalue weighted by Crippen LogP contribution is 2.11. The Morgan fingerprint density at radius 2 is 0.944 bits per heavy atom. The van der Waals surface area contributed by atoms with E-state index in [1.54, 1.807) is 0 Å². The quantitative estimate of drug-likeness (QED) is 0.363. The Balaban J connectivity index is 0.000000331. The van der Waals surface area contributed by atoms with Crippen LogP contribution in [0.1, 0.15) is 104 Å². The summed E-state index contributed by atoms with van der Waals surface area (Å²) in [5, 5.41) is 0. The van der Waals surface area contributed by atoms with Crippen LogP contribution in [0.2, 0.25) is 0 Å². The van der Waals surface area contributed by atoms with Crippen molar-refractivity contribution >= 4 is 0 Å². The molecule has 0 atom stereocenters. The molecule has 0 heterocycles. The van der Waals surface area contributed by atoms with Crippen molar-refractivity contribution in [1.29, 1.82) is 0 Å². The molecule has 108 valence electrons. The molecule has 18 heavy (non-hydrogen) atoms. The molecular weight excluding hydrogens is 216 g/mol. The lowest BCUT2D eigenvalue weighted by molar-refractivity contribution is 0.592. The first kappa shape index (κ1) is 17.7. The van der Waals surface area contributed by atoms with Gasteiger partial charge in [-0.05, 0) is 25.7 Å². The van der Waals surface area contributed by atoms with Crippen molar-refractivity contribution in [3.05, 3.63) is 12.2 Å².